The standard InChI is InChI=1S/C45H39N3O15S/c1-4-39(49)57-26-35(62-45(54)61-28-60-41(51)6-3)25-56-33-16-14-31(15-17-33)43(53)63-37-20-11-29(23-32(37)24-46-48-44-47-36-9-7-8-10-38(36)64-44)21-22-55-42(52)30-12-18-34(19-13-30)58-27-59-40(50)5-2/h4-20,23-24,35H,1-3,21-22,25-28H2,(H,47,48)/b46-24+. The van der Waals surface area contributed by atoms with Crippen molar-refractivity contribution in [2.75, 3.05) is 38.8 Å². The van der Waals surface area contributed by atoms with Gasteiger partial charge in [0.05, 0.1) is 34.2 Å². The average molecular weight is 894 g/mol. The van der Waals surface area contributed by atoms with Crippen molar-refractivity contribution in [1.82, 2.24) is 4.98 Å². The van der Waals surface area contributed by atoms with Gasteiger partial charge in [-0.25, -0.2) is 33.8 Å². The fraction of sp³-hybridized carbons (Fsp3) is 0.156. The molecular formula is C45H39N3O15S. The lowest BCUT2D eigenvalue weighted by atomic mass is 10.1. The van der Waals surface area contributed by atoms with Crippen molar-refractivity contribution in [3.63, 3.8) is 0 Å². The molecule has 1 aromatic heterocycles. The SMILES string of the molecule is C=CC(=O)OCOC(=O)OC(COC(=O)C=C)COc1ccc(C(=O)Oc2ccc(CCOC(=O)c3ccc(OCOC(=O)C=C)cc3)cc2/C=N/Nc2nc3ccccc3s2)cc1. The molecule has 0 saturated heterocycles. The number of nitrogens with zero attached hydrogens (tertiary/aromatic N) is 2. The highest BCUT2D eigenvalue weighted by Crippen LogP contribution is 2.26. The number of hydrogen-bond donors (Lipinski definition) is 1. The smallest absolute Gasteiger partial charge is 0.490 e. The van der Waals surface area contributed by atoms with Crippen LogP contribution in [0, 0.1) is 0 Å². The van der Waals surface area contributed by atoms with E-state index >= 15 is 0 Å². The number of hydrogen-bond acceptors (Lipinski definition) is 19. The van der Waals surface area contributed by atoms with Gasteiger partial charge in [0.25, 0.3) is 0 Å². The molecule has 0 saturated carbocycles. The first kappa shape index (κ1) is 46.7. The lowest BCUT2D eigenvalue weighted by Crippen LogP contribution is -2.31. The Morgan fingerprint density at radius 1 is 0.688 bits per heavy atom. The molecule has 1 atom stereocenters. The maximum Gasteiger partial charge on any atom is 0.511 e. The van der Waals surface area contributed by atoms with Gasteiger partial charge in [-0.3, -0.25) is 5.43 Å². The third kappa shape index (κ3) is 15.0. The molecule has 4 aromatic carbocycles. The van der Waals surface area contributed by atoms with Gasteiger partial charge in [0, 0.05) is 30.2 Å². The molecule has 0 radical (unpaired) electrons. The van der Waals surface area contributed by atoms with Crippen LogP contribution in [0.2, 0.25) is 0 Å². The van der Waals surface area contributed by atoms with Crippen molar-refractivity contribution in [3.05, 3.63) is 151 Å². The highest BCUT2D eigenvalue weighted by molar-refractivity contribution is 7.22. The molecule has 0 aliphatic carbocycles. The Morgan fingerprint density at radius 3 is 2.02 bits per heavy atom. The van der Waals surface area contributed by atoms with E-state index in [-0.39, 0.29) is 42.6 Å². The van der Waals surface area contributed by atoms with Crippen molar-refractivity contribution in [2.24, 2.45) is 5.10 Å². The van der Waals surface area contributed by atoms with Crippen molar-refractivity contribution in [1.29, 1.82) is 0 Å². The van der Waals surface area contributed by atoms with E-state index in [4.69, 9.17) is 33.2 Å². The minimum atomic E-state index is -1.23. The summed E-state index contributed by atoms with van der Waals surface area (Å²) in [7, 11) is 0. The number of carbonyl (C=O) groups is 6. The van der Waals surface area contributed by atoms with Crippen LogP contribution in [0.1, 0.15) is 31.8 Å². The molecule has 0 amide bonds. The van der Waals surface area contributed by atoms with E-state index in [1.165, 1.54) is 66.1 Å². The van der Waals surface area contributed by atoms with Crippen LogP contribution in [0.4, 0.5) is 9.93 Å². The van der Waals surface area contributed by atoms with Crippen molar-refractivity contribution >= 4 is 68.9 Å². The number of fused-ring (bicyclic) bond motifs is 1. The second kappa shape index (κ2) is 24.2. The van der Waals surface area contributed by atoms with Crippen LogP contribution in [-0.2, 0) is 49.2 Å². The van der Waals surface area contributed by atoms with Gasteiger partial charge in [0.15, 0.2) is 6.10 Å². The van der Waals surface area contributed by atoms with E-state index in [0.29, 0.717) is 22.9 Å². The van der Waals surface area contributed by atoms with E-state index < -0.39 is 55.5 Å². The summed E-state index contributed by atoms with van der Waals surface area (Å²) in [4.78, 5) is 76.7. The number of esters is 5. The van der Waals surface area contributed by atoms with E-state index in [2.05, 4.69) is 44.7 Å². The van der Waals surface area contributed by atoms with Gasteiger partial charge in [-0.15, -0.1) is 0 Å². The number of benzene rings is 4. The van der Waals surface area contributed by atoms with Crippen LogP contribution in [-0.4, -0.2) is 86.7 Å². The number of aromatic nitrogens is 1. The van der Waals surface area contributed by atoms with E-state index in [1.807, 2.05) is 24.3 Å². The molecule has 1 N–H and O–H groups in total. The first-order chi connectivity index (χ1) is 31.0. The number of carbonyl (C=O) groups excluding carboxylic acids is 6. The summed E-state index contributed by atoms with van der Waals surface area (Å²) < 4.78 is 47.4. The third-order valence-corrected chi connectivity index (χ3v) is 9.09. The fourth-order valence-electron chi connectivity index (χ4n) is 5.02. The van der Waals surface area contributed by atoms with Crippen LogP contribution >= 0.6 is 11.3 Å². The van der Waals surface area contributed by atoms with Crippen LogP contribution in [0.25, 0.3) is 10.2 Å². The molecule has 0 fully saturated rings. The van der Waals surface area contributed by atoms with Crippen molar-refractivity contribution < 1.29 is 71.4 Å². The quantitative estimate of drug-likeness (QED) is 0.0136. The zero-order valence-corrected chi connectivity index (χ0v) is 34.7. The zero-order chi connectivity index (χ0) is 45.7. The minimum Gasteiger partial charge on any atom is -0.490 e. The predicted octanol–water partition coefficient (Wildman–Crippen LogP) is 6.74. The lowest BCUT2D eigenvalue weighted by Gasteiger charge is -2.18. The zero-order valence-electron chi connectivity index (χ0n) is 33.8. The van der Waals surface area contributed by atoms with Crippen LogP contribution < -0.4 is 19.6 Å². The van der Waals surface area contributed by atoms with Crippen molar-refractivity contribution in [3.8, 4) is 17.2 Å². The van der Waals surface area contributed by atoms with E-state index in [9.17, 15) is 28.8 Å². The Morgan fingerprint density at radius 2 is 1.33 bits per heavy atom. The molecule has 0 aliphatic heterocycles. The molecule has 1 unspecified atom stereocenters. The molecule has 330 valence electrons. The predicted molar refractivity (Wildman–Crippen MR) is 230 cm³/mol. The van der Waals surface area contributed by atoms with Crippen LogP contribution in [0.15, 0.2) is 134 Å². The van der Waals surface area contributed by atoms with Crippen molar-refractivity contribution in [2.45, 2.75) is 12.5 Å². The minimum absolute atomic E-state index is 0.0207. The maximum atomic E-state index is 13.4. The Hall–Kier alpha value is -8.32. The Labute approximate surface area is 369 Å². The molecule has 5 rings (SSSR count). The molecule has 1 heterocycles. The summed E-state index contributed by atoms with van der Waals surface area (Å²) in [5.41, 5.74) is 5.30. The number of para-hydroxylation sites is 1. The molecule has 0 aliphatic rings. The molecule has 0 spiro atoms. The largest absolute Gasteiger partial charge is 0.511 e. The van der Waals surface area contributed by atoms with Gasteiger partial charge >= 0.3 is 36.0 Å². The van der Waals surface area contributed by atoms with Crippen LogP contribution in [0.5, 0.6) is 17.2 Å². The first-order valence-corrected chi connectivity index (χ1v) is 19.7. The maximum absolute atomic E-state index is 13.4. The number of thiazole rings is 1. The van der Waals surface area contributed by atoms with Gasteiger partial charge < -0.3 is 42.6 Å². The number of rotatable bonds is 23. The summed E-state index contributed by atoms with van der Waals surface area (Å²) in [6, 6.07) is 24.6. The molecule has 5 aromatic rings. The van der Waals surface area contributed by atoms with Crippen LogP contribution in [0.3, 0.4) is 0 Å². The number of hydrazone groups is 1. The lowest BCUT2D eigenvalue weighted by molar-refractivity contribution is -0.150. The number of nitrogens with one attached hydrogen (secondary N) is 1. The fourth-order valence-corrected chi connectivity index (χ4v) is 5.84. The van der Waals surface area contributed by atoms with Gasteiger partial charge in [0.1, 0.15) is 30.5 Å². The Balaban J connectivity index is 1.21. The average Bonchev–Trinajstić information content (AvgIpc) is 3.73. The van der Waals surface area contributed by atoms with E-state index in [0.717, 1.165) is 34.0 Å². The first-order valence-electron chi connectivity index (χ1n) is 18.9. The summed E-state index contributed by atoms with van der Waals surface area (Å²) in [6.07, 6.45) is 2.20. The number of ether oxygens (including phenoxy) is 9. The third-order valence-electron chi connectivity index (χ3n) is 8.15. The van der Waals surface area contributed by atoms with Gasteiger partial charge in [-0.1, -0.05) is 49.3 Å². The van der Waals surface area contributed by atoms with Gasteiger partial charge in [-0.2, -0.15) is 5.10 Å². The Bertz CT molecular complexity index is 2470. The summed E-state index contributed by atoms with van der Waals surface area (Å²) in [5, 5.41) is 4.88. The summed E-state index contributed by atoms with van der Waals surface area (Å²) >= 11 is 1.41. The highest BCUT2D eigenvalue weighted by Gasteiger charge is 2.20. The van der Waals surface area contributed by atoms with Gasteiger partial charge in [0.2, 0.25) is 18.7 Å². The number of anilines is 1. The summed E-state index contributed by atoms with van der Waals surface area (Å²) in [5.74, 6) is -2.72. The molecule has 0 bridgehead atoms. The Kier molecular flexibility index (Phi) is 17.7. The highest BCUT2D eigenvalue weighted by atomic mass is 32.1. The molecular weight excluding hydrogens is 855 g/mol. The molecule has 19 heteroatoms. The normalized spacial score (nSPS) is 11.0. The molecule has 18 nitrogen and oxygen atoms in total. The summed E-state index contributed by atoms with van der Waals surface area (Å²) in [6.45, 7) is 8.08. The second-order valence-corrected chi connectivity index (χ2v) is 13.6. The van der Waals surface area contributed by atoms with E-state index in [1.54, 1.807) is 18.2 Å². The van der Waals surface area contributed by atoms with Gasteiger partial charge in [-0.05, 0) is 78.4 Å². The topological polar surface area (TPSA) is 223 Å². The monoisotopic (exact) mass is 893 g/mol. The second-order valence-electron chi connectivity index (χ2n) is 12.5. The molecule has 64 heavy (non-hydrogen) atoms.